The van der Waals surface area contributed by atoms with Crippen molar-refractivity contribution in [1.82, 2.24) is 9.55 Å². The summed E-state index contributed by atoms with van der Waals surface area (Å²) in [5, 5.41) is 0.796. The van der Waals surface area contributed by atoms with E-state index in [1.807, 2.05) is 18.2 Å². The average molecular weight is 285 g/mol. The van der Waals surface area contributed by atoms with Crippen LogP contribution in [0.1, 0.15) is 17.8 Å². The van der Waals surface area contributed by atoms with Crippen LogP contribution >= 0.6 is 11.6 Å². The first-order chi connectivity index (χ1) is 9.74. The molecular weight excluding hydrogens is 268 g/mol. The largest absolute Gasteiger partial charge is 0.328 e. The van der Waals surface area contributed by atoms with Gasteiger partial charge in [-0.05, 0) is 49.6 Å². The van der Waals surface area contributed by atoms with Crippen LogP contribution in [-0.4, -0.2) is 9.55 Å². The van der Waals surface area contributed by atoms with Crippen LogP contribution in [0.2, 0.25) is 5.02 Å². The van der Waals surface area contributed by atoms with Gasteiger partial charge in [-0.25, -0.2) is 4.98 Å². The summed E-state index contributed by atoms with van der Waals surface area (Å²) in [4.78, 5) is 4.60. The van der Waals surface area contributed by atoms with Gasteiger partial charge in [-0.3, -0.25) is 0 Å². The van der Waals surface area contributed by atoms with Crippen LogP contribution in [0.4, 0.5) is 0 Å². The maximum atomic E-state index is 5.90. The zero-order valence-corrected chi connectivity index (χ0v) is 12.3. The normalized spacial score (nSPS) is 11.1. The van der Waals surface area contributed by atoms with E-state index in [1.165, 1.54) is 11.1 Å². The van der Waals surface area contributed by atoms with Crippen molar-refractivity contribution >= 4 is 22.6 Å². The number of para-hydroxylation sites is 2. The van der Waals surface area contributed by atoms with Crippen LogP contribution in [0.15, 0.2) is 48.5 Å². The molecular formula is C17H17ClN2. The minimum absolute atomic E-state index is 0.796. The van der Waals surface area contributed by atoms with E-state index in [1.54, 1.807) is 0 Å². The van der Waals surface area contributed by atoms with Gasteiger partial charge >= 0.3 is 0 Å². The summed E-state index contributed by atoms with van der Waals surface area (Å²) in [7, 11) is 0. The second kappa shape index (κ2) is 5.68. The summed E-state index contributed by atoms with van der Waals surface area (Å²) < 4.78 is 2.30. The molecule has 0 aliphatic rings. The van der Waals surface area contributed by atoms with Gasteiger partial charge in [-0.15, -0.1) is 0 Å². The molecule has 0 unspecified atom stereocenters. The van der Waals surface area contributed by atoms with Crippen molar-refractivity contribution in [2.24, 2.45) is 0 Å². The molecule has 0 aliphatic carbocycles. The van der Waals surface area contributed by atoms with Crippen LogP contribution in [-0.2, 0) is 13.0 Å². The van der Waals surface area contributed by atoms with Gasteiger partial charge in [0.15, 0.2) is 0 Å². The third-order valence-electron chi connectivity index (χ3n) is 3.61. The zero-order valence-electron chi connectivity index (χ0n) is 11.5. The van der Waals surface area contributed by atoms with Crippen molar-refractivity contribution < 1.29 is 0 Å². The molecule has 0 aliphatic heterocycles. The molecule has 0 spiro atoms. The van der Waals surface area contributed by atoms with Crippen molar-refractivity contribution in [2.45, 2.75) is 26.3 Å². The van der Waals surface area contributed by atoms with Gasteiger partial charge in [-0.2, -0.15) is 0 Å². The van der Waals surface area contributed by atoms with Gasteiger partial charge in [0.2, 0.25) is 0 Å². The Kier molecular flexibility index (Phi) is 3.75. The van der Waals surface area contributed by atoms with E-state index < -0.39 is 0 Å². The highest BCUT2D eigenvalue weighted by Crippen LogP contribution is 2.17. The fraction of sp³-hybridized carbons (Fsp3) is 0.235. The number of fused-ring (bicyclic) bond motifs is 1. The molecule has 3 rings (SSSR count). The number of imidazole rings is 1. The predicted molar refractivity (Wildman–Crippen MR) is 84.2 cm³/mol. The fourth-order valence-electron chi connectivity index (χ4n) is 2.57. The van der Waals surface area contributed by atoms with Gasteiger partial charge < -0.3 is 4.57 Å². The van der Waals surface area contributed by atoms with Crippen LogP contribution in [0.5, 0.6) is 0 Å². The molecule has 3 heteroatoms. The number of rotatable bonds is 4. The van der Waals surface area contributed by atoms with Gasteiger partial charge in [0, 0.05) is 11.6 Å². The summed E-state index contributed by atoms with van der Waals surface area (Å²) >= 11 is 5.90. The first-order valence-corrected chi connectivity index (χ1v) is 7.28. The lowest BCUT2D eigenvalue weighted by Crippen LogP contribution is -2.01. The molecule has 1 aromatic heterocycles. The number of nitrogens with zero attached hydrogens (tertiary/aromatic N) is 2. The van der Waals surface area contributed by atoms with Crippen molar-refractivity contribution in [1.29, 1.82) is 0 Å². The lowest BCUT2D eigenvalue weighted by molar-refractivity contribution is 0.641. The first kappa shape index (κ1) is 13.2. The quantitative estimate of drug-likeness (QED) is 0.683. The van der Waals surface area contributed by atoms with E-state index in [2.05, 4.69) is 46.8 Å². The molecule has 3 aromatic rings. The van der Waals surface area contributed by atoms with E-state index in [9.17, 15) is 0 Å². The highest BCUT2D eigenvalue weighted by atomic mass is 35.5. The Morgan fingerprint density at radius 1 is 1.05 bits per heavy atom. The van der Waals surface area contributed by atoms with Crippen LogP contribution in [0.3, 0.4) is 0 Å². The number of hydrogen-bond donors (Lipinski definition) is 0. The van der Waals surface area contributed by atoms with E-state index in [4.69, 9.17) is 11.6 Å². The Morgan fingerprint density at radius 3 is 2.60 bits per heavy atom. The number of halogens is 1. The van der Waals surface area contributed by atoms with E-state index in [0.717, 1.165) is 35.8 Å². The molecule has 0 radical (unpaired) electrons. The predicted octanol–water partition coefficient (Wildman–Crippen LogP) is 4.63. The molecule has 0 bridgehead atoms. The summed E-state index contributed by atoms with van der Waals surface area (Å²) in [6.45, 7) is 3.07. The van der Waals surface area contributed by atoms with Crippen molar-refractivity contribution in [3.8, 4) is 0 Å². The van der Waals surface area contributed by atoms with Crippen molar-refractivity contribution in [3.63, 3.8) is 0 Å². The standard InChI is InChI=1S/C17H17ClN2/c1-13-19-16-6-2-3-7-17(16)20(13)12-4-5-14-8-10-15(18)11-9-14/h2-3,6-11H,4-5,12H2,1H3. The molecule has 2 aromatic carbocycles. The maximum absolute atomic E-state index is 5.90. The number of benzene rings is 2. The third kappa shape index (κ3) is 2.70. The van der Waals surface area contributed by atoms with Gasteiger partial charge in [-0.1, -0.05) is 35.9 Å². The summed E-state index contributed by atoms with van der Waals surface area (Å²) in [6, 6.07) is 16.4. The minimum Gasteiger partial charge on any atom is -0.328 e. The number of aryl methyl sites for hydroxylation is 3. The summed E-state index contributed by atoms with van der Waals surface area (Å²) in [6.07, 6.45) is 2.16. The van der Waals surface area contributed by atoms with Gasteiger partial charge in [0.05, 0.1) is 11.0 Å². The SMILES string of the molecule is Cc1nc2ccccc2n1CCCc1ccc(Cl)cc1. The molecule has 0 saturated heterocycles. The molecule has 102 valence electrons. The molecule has 1 heterocycles. The lowest BCUT2D eigenvalue weighted by atomic mass is 10.1. The van der Waals surface area contributed by atoms with Crippen LogP contribution < -0.4 is 0 Å². The van der Waals surface area contributed by atoms with Crippen molar-refractivity contribution in [2.75, 3.05) is 0 Å². The Bertz CT molecular complexity index is 713. The Hall–Kier alpha value is -1.80. The van der Waals surface area contributed by atoms with E-state index >= 15 is 0 Å². The van der Waals surface area contributed by atoms with Crippen molar-refractivity contribution in [3.05, 3.63) is 64.9 Å². The number of aromatic nitrogens is 2. The highest BCUT2D eigenvalue weighted by Gasteiger charge is 2.05. The molecule has 0 atom stereocenters. The Balaban J connectivity index is 1.71. The average Bonchev–Trinajstić information content (AvgIpc) is 2.77. The van der Waals surface area contributed by atoms with Crippen LogP contribution in [0.25, 0.3) is 11.0 Å². The van der Waals surface area contributed by atoms with Crippen LogP contribution in [0, 0.1) is 6.92 Å². The van der Waals surface area contributed by atoms with Gasteiger partial charge in [0.1, 0.15) is 5.82 Å². The second-order valence-corrected chi connectivity index (χ2v) is 5.47. The fourth-order valence-corrected chi connectivity index (χ4v) is 2.70. The molecule has 2 nitrogen and oxygen atoms in total. The summed E-state index contributed by atoms with van der Waals surface area (Å²) in [5.41, 5.74) is 3.63. The second-order valence-electron chi connectivity index (χ2n) is 5.03. The monoisotopic (exact) mass is 284 g/mol. The maximum Gasteiger partial charge on any atom is 0.106 e. The van der Waals surface area contributed by atoms with E-state index in [-0.39, 0.29) is 0 Å². The van der Waals surface area contributed by atoms with E-state index in [0.29, 0.717) is 0 Å². The Morgan fingerprint density at radius 2 is 1.80 bits per heavy atom. The highest BCUT2D eigenvalue weighted by molar-refractivity contribution is 6.30. The first-order valence-electron chi connectivity index (χ1n) is 6.90. The minimum atomic E-state index is 0.796. The number of hydrogen-bond acceptors (Lipinski definition) is 1. The van der Waals surface area contributed by atoms with Gasteiger partial charge in [0.25, 0.3) is 0 Å². The Labute approximate surface area is 124 Å². The molecule has 0 fully saturated rings. The molecule has 0 amide bonds. The molecule has 20 heavy (non-hydrogen) atoms. The molecule has 0 N–H and O–H groups in total. The summed E-state index contributed by atoms with van der Waals surface area (Å²) in [5.74, 6) is 1.09. The molecule has 0 saturated carbocycles. The zero-order chi connectivity index (χ0) is 13.9. The topological polar surface area (TPSA) is 17.8 Å². The smallest absolute Gasteiger partial charge is 0.106 e. The third-order valence-corrected chi connectivity index (χ3v) is 3.86. The lowest BCUT2D eigenvalue weighted by Gasteiger charge is -2.07.